The molecule has 0 saturated carbocycles. The first-order valence-corrected chi connectivity index (χ1v) is 6.55. The van der Waals surface area contributed by atoms with Crippen molar-refractivity contribution in [1.29, 1.82) is 0 Å². The average Bonchev–Trinajstić information content (AvgIpc) is 1.62. The maximum Gasteiger partial charge on any atom is 0.189 e. The Labute approximate surface area is 64.9 Å². The van der Waals surface area contributed by atoms with Gasteiger partial charge in [0.1, 0.15) is 6.23 Å². The largest absolute Gasteiger partial charge is 0.378 e. The fourth-order valence-electron chi connectivity index (χ4n) is 0.317. The summed E-state index contributed by atoms with van der Waals surface area (Å²) >= 11 is 7.34. The molecular weight excluding hydrogens is 177 g/mol. The number of hydrogen-bond donors (Lipinski definition) is 4. The van der Waals surface area contributed by atoms with Crippen molar-refractivity contribution in [2.45, 2.75) is 6.23 Å². The highest BCUT2D eigenvalue weighted by Gasteiger charge is 2.14. The van der Waals surface area contributed by atoms with Crippen molar-refractivity contribution in [3.05, 3.63) is 0 Å². The quantitative estimate of drug-likeness (QED) is 0.297. The molecule has 1 unspecified atom stereocenters. The Bertz CT molecular complexity index is 125. The van der Waals surface area contributed by atoms with Gasteiger partial charge in [-0.3, -0.25) is 5.32 Å². The monoisotopic (exact) mass is 187 g/mol. The lowest BCUT2D eigenvalue weighted by Gasteiger charge is -2.09. The lowest BCUT2D eigenvalue weighted by molar-refractivity contribution is 0.170. The molecule has 0 aliphatic heterocycles. The van der Waals surface area contributed by atoms with Crippen LogP contribution in [0.2, 0.25) is 0 Å². The highest BCUT2D eigenvalue weighted by atomic mass is 33.1. The van der Waals surface area contributed by atoms with Crippen molar-refractivity contribution in [3.8, 4) is 0 Å². The van der Waals surface area contributed by atoms with E-state index in [9.17, 15) is 4.57 Å². The zero-order valence-electron chi connectivity index (χ0n) is 4.98. The predicted octanol–water partition coefficient (Wildman–Crippen LogP) is 0.577. The van der Waals surface area contributed by atoms with Gasteiger partial charge in [-0.2, -0.15) is 0 Å². The summed E-state index contributed by atoms with van der Waals surface area (Å²) in [7, 11) is 1.57. The van der Waals surface area contributed by atoms with Gasteiger partial charge in [-0.1, -0.05) is 0 Å². The number of aliphatic hydroxyl groups excluding tert-OH is 1. The molecule has 0 aliphatic rings. The van der Waals surface area contributed by atoms with Crippen LogP contribution in [-0.2, 0) is 4.57 Å². The number of nitrogens with one attached hydrogen (secondary N) is 1. The van der Waals surface area contributed by atoms with E-state index in [1.807, 2.05) is 0 Å². The van der Waals surface area contributed by atoms with E-state index in [1.54, 1.807) is 7.05 Å². The molecule has 2 N–H and O–H groups in total. The Balaban J connectivity index is 3.60. The Morgan fingerprint density at radius 3 is 2.33 bits per heavy atom. The molecule has 0 spiro atoms. The second-order valence-electron chi connectivity index (χ2n) is 1.65. The van der Waals surface area contributed by atoms with E-state index in [4.69, 9.17) is 5.11 Å². The highest BCUT2D eigenvalue weighted by Crippen LogP contribution is 2.55. The zero-order valence-corrected chi connectivity index (χ0v) is 7.66. The van der Waals surface area contributed by atoms with Crippen LogP contribution < -0.4 is 5.32 Å². The van der Waals surface area contributed by atoms with Crippen LogP contribution in [0.3, 0.4) is 0 Å². The van der Waals surface area contributed by atoms with Crippen LogP contribution in [0.4, 0.5) is 0 Å². The summed E-state index contributed by atoms with van der Waals surface area (Å²) in [6.45, 7) is 0. The maximum atomic E-state index is 10.7. The first-order valence-electron chi connectivity index (χ1n) is 2.35. The third-order valence-electron chi connectivity index (χ3n) is 0.744. The Kier molecular flexibility index (Phi) is 4.25. The lowest BCUT2D eigenvalue weighted by atomic mass is 10.7. The van der Waals surface area contributed by atoms with Gasteiger partial charge >= 0.3 is 0 Å². The van der Waals surface area contributed by atoms with Gasteiger partial charge in [-0.15, -0.1) is 24.5 Å². The Morgan fingerprint density at radius 1 is 1.78 bits per heavy atom. The molecule has 6 heteroatoms. The first-order chi connectivity index (χ1) is 3.95. The number of hydrogen-bond acceptors (Lipinski definition) is 3. The predicted molar refractivity (Wildman–Crippen MR) is 45.5 cm³/mol. The van der Waals surface area contributed by atoms with Crippen LogP contribution in [-0.4, -0.2) is 24.5 Å². The summed E-state index contributed by atoms with van der Waals surface area (Å²) in [4.78, 5) is 0. The van der Waals surface area contributed by atoms with E-state index < -0.39 is 11.8 Å². The van der Waals surface area contributed by atoms with Crippen molar-refractivity contribution < 1.29 is 9.67 Å². The molecule has 0 saturated heterocycles. The second-order valence-corrected chi connectivity index (χ2v) is 8.17. The molecule has 3 nitrogen and oxygen atoms in total. The Hall–Kier alpha value is 0.850. The van der Waals surface area contributed by atoms with E-state index in [2.05, 4.69) is 29.8 Å². The normalized spacial score (nSPS) is 15.6. The topological polar surface area (TPSA) is 49.3 Å². The fourth-order valence-corrected chi connectivity index (χ4v) is 1.88. The summed E-state index contributed by atoms with van der Waals surface area (Å²) in [6.07, 6.45) is -0.693. The van der Waals surface area contributed by atoms with Gasteiger partial charge in [0, 0.05) is 0 Å². The van der Waals surface area contributed by atoms with E-state index >= 15 is 0 Å². The van der Waals surface area contributed by atoms with Gasteiger partial charge in [0.25, 0.3) is 0 Å². The molecular formula is C3H10NO2PS2. The van der Waals surface area contributed by atoms with Gasteiger partial charge in [0.2, 0.25) is 0 Å². The maximum absolute atomic E-state index is 10.7. The standard InChI is InChI=1S/C3H10NO2PS2/c1-4-3(5)2-7(6,8)9/h3-5H,2H2,1H3,(H2,6,8,9). The second kappa shape index (κ2) is 3.88. The van der Waals surface area contributed by atoms with Crippen molar-refractivity contribution >= 4 is 30.0 Å². The van der Waals surface area contributed by atoms with Crippen LogP contribution in [0.1, 0.15) is 0 Å². The van der Waals surface area contributed by atoms with E-state index in [0.29, 0.717) is 0 Å². The third-order valence-corrected chi connectivity index (χ3v) is 2.55. The average molecular weight is 187 g/mol. The summed E-state index contributed by atoms with van der Waals surface area (Å²) < 4.78 is 10.7. The van der Waals surface area contributed by atoms with Crippen LogP contribution >= 0.6 is 30.0 Å². The molecule has 0 radical (unpaired) electrons. The van der Waals surface area contributed by atoms with E-state index in [0.717, 1.165) is 0 Å². The number of rotatable bonds is 3. The molecule has 0 heterocycles. The first kappa shape index (κ1) is 9.85. The molecule has 9 heavy (non-hydrogen) atoms. The molecule has 56 valence electrons. The molecule has 0 aliphatic carbocycles. The van der Waals surface area contributed by atoms with Crippen LogP contribution in [0.25, 0.3) is 0 Å². The summed E-state index contributed by atoms with van der Waals surface area (Å²) in [5.41, 5.74) is -2.66. The third kappa shape index (κ3) is 6.74. The summed E-state index contributed by atoms with van der Waals surface area (Å²) in [5, 5.41) is 11.3. The Morgan fingerprint density at radius 2 is 2.22 bits per heavy atom. The molecule has 0 amide bonds. The van der Waals surface area contributed by atoms with Crippen molar-refractivity contribution in [2.75, 3.05) is 13.2 Å². The fraction of sp³-hybridized carbons (Fsp3) is 1.00. The SMILES string of the molecule is CNC(O)CP(=O)(S)S. The molecule has 0 fully saturated rings. The van der Waals surface area contributed by atoms with Gasteiger partial charge in [-0.25, -0.2) is 0 Å². The van der Waals surface area contributed by atoms with Gasteiger partial charge in [0.15, 0.2) is 5.55 Å². The van der Waals surface area contributed by atoms with Crippen molar-refractivity contribution in [1.82, 2.24) is 5.32 Å². The smallest absolute Gasteiger partial charge is 0.189 e. The number of thiol groups is 2. The molecule has 0 aromatic rings. The minimum absolute atomic E-state index is 0.0791. The highest BCUT2D eigenvalue weighted by molar-refractivity contribution is 8.80. The van der Waals surface area contributed by atoms with Gasteiger partial charge < -0.3 is 9.67 Å². The molecule has 0 aromatic carbocycles. The summed E-state index contributed by atoms with van der Waals surface area (Å²) in [5.74, 6) is 0. The van der Waals surface area contributed by atoms with Crippen molar-refractivity contribution in [2.24, 2.45) is 0 Å². The van der Waals surface area contributed by atoms with Gasteiger partial charge in [0.05, 0.1) is 6.16 Å². The van der Waals surface area contributed by atoms with Crippen molar-refractivity contribution in [3.63, 3.8) is 0 Å². The molecule has 0 aromatic heterocycles. The van der Waals surface area contributed by atoms with Crippen LogP contribution in [0.5, 0.6) is 0 Å². The molecule has 0 bridgehead atoms. The van der Waals surface area contributed by atoms with E-state index in [1.165, 1.54) is 0 Å². The lowest BCUT2D eigenvalue weighted by Crippen LogP contribution is -2.26. The minimum Gasteiger partial charge on any atom is -0.378 e. The zero-order chi connectivity index (χ0) is 7.49. The number of aliphatic hydroxyl groups is 1. The van der Waals surface area contributed by atoms with E-state index in [-0.39, 0.29) is 6.16 Å². The molecule has 1 atom stereocenters. The van der Waals surface area contributed by atoms with Crippen LogP contribution in [0, 0.1) is 0 Å². The minimum atomic E-state index is -2.66. The van der Waals surface area contributed by atoms with Crippen LogP contribution in [0.15, 0.2) is 0 Å². The molecule has 0 rings (SSSR count). The van der Waals surface area contributed by atoms with Gasteiger partial charge in [-0.05, 0) is 7.05 Å². The summed E-state index contributed by atoms with van der Waals surface area (Å²) in [6, 6.07) is 0.